The summed E-state index contributed by atoms with van der Waals surface area (Å²) in [6.45, 7) is 1.75. The minimum atomic E-state index is -0.583. The third kappa shape index (κ3) is 2.22. The first-order valence-corrected chi connectivity index (χ1v) is 7.94. The first kappa shape index (κ1) is 15.8. The number of aromatic hydroxyl groups is 1. The molecule has 0 saturated carbocycles. The average Bonchev–Trinajstić information content (AvgIpc) is 2.60. The van der Waals surface area contributed by atoms with E-state index in [0.717, 1.165) is 5.56 Å². The van der Waals surface area contributed by atoms with E-state index >= 15 is 0 Å². The van der Waals surface area contributed by atoms with Gasteiger partial charge >= 0.3 is 5.63 Å². The van der Waals surface area contributed by atoms with Crippen LogP contribution in [0, 0.1) is 18.3 Å². The highest BCUT2D eigenvalue weighted by atomic mass is 16.5. The second-order valence-corrected chi connectivity index (χ2v) is 6.10. The van der Waals surface area contributed by atoms with Gasteiger partial charge in [-0.2, -0.15) is 5.26 Å². The molecule has 0 radical (unpaired) electrons. The molecular weight excluding hydrogens is 332 g/mol. The van der Waals surface area contributed by atoms with Crippen molar-refractivity contribution in [3.63, 3.8) is 0 Å². The van der Waals surface area contributed by atoms with Crippen molar-refractivity contribution in [2.75, 3.05) is 0 Å². The molecule has 1 aromatic heterocycles. The summed E-state index contributed by atoms with van der Waals surface area (Å²) in [5.74, 6) is -0.450. The quantitative estimate of drug-likeness (QED) is 0.656. The summed E-state index contributed by atoms with van der Waals surface area (Å²) in [4.78, 5) is 11.7. The third-order valence-electron chi connectivity index (χ3n) is 4.51. The fourth-order valence-electron chi connectivity index (χ4n) is 3.41. The molecule has 1 aliphatic heterocycles. The Hall–Kier alpha value is -3.72. The van der Waals surface area contributed by atoms with Crippen molar-refractivity contribution >= 4 is 11.0 Å². The maximum atomic E-state index is 11.7. The molecule has 1 unspecified atom stereocenters. The van der Waals surface area contributed by atoms with E-state index in [-0.39, 0.29) is 22.8 Å². The second-order valence-electron chi connectivity index (χ2n) is 6.10. The lowest BCUT2D eigenvalue weighted by molar-refractivity contribution is 0.385. The molecule has 0 amide bonds. The van der Waals surface area contributed by atoms with Gasteiger partial charge in [-0.15, -0.1) is 0 Å². The van der Waals surface area contributed by atoms with Gasteiger partial charge in [-0.3, -0.25) is 0 Å². The molecule has 2 aromatic carbocycles. The van der Waals surface area contributed by atoms with Gasteiger partial charge in [-0.1, -0.05) is 30.3 Å². The van der Waals surface area contributed by atoms with E-state index in [1.807, 2.05) is 30.3 Å². The Kier molecular flexibility index (Phi) is 3.44. The van der Waals surface area contributed by atoms with E-state index in [0.29, 0.717) is 22.3 Å². The number of nitrogens with zero attached hydrogens (tertiary/aromatic N) is 1. The second kappa shape index (κ2) is 5.67. The summed E-state index contributed by atoms with van der Waals surface area (Å²) in [5, 5.41) is 20.8. The number of allylic oxidation sites excluding steroid dienone is 1. The van der Waals surface area contributed by atoms with Crippen LogP contribution in [0.1, 0.15) is 22.6 Å². The maximum absolute atomic E-state index is 11.7. The van der Waals surface area contributed by atoms with Gasteiger partial charge in [0.2, 0.25) is 5.88 Å². The molecule has 0 bridgehead atoms. The molecule has 1 aliphatic rings. The molecule has 6 heteroatoms. The molecule has 0 spiro atoms. The predicted octanol–water partition coefficient (Wildman–Crippen LogP) is 3.03. The van der Waals surface area contributed by atoms with Crippen molar-refractivity contribution in [2.24, 2.45) is 5.73 Å². The highest BCUT2D eigenvalue weighted by Gasteiger charge is 2.35. The van der Waals surface area contributed by atoms with Crippen LogP contribution in [0.15, 0.2) is 63.1 Å². The predicted molar refractivity (Wildman–Crippen MR) is 94.6 cm³/mol. The Balaban J connectivity index is 2.13. The number of phenols is 1. The minimum absolute atomic E-state index is 0.0358. The van der Waals surface area contributed by atoms with Crippen LogP contribution in [0.4, 0.5) is 0 Å². The van der Waals surface area contributed by atoms with Gasteiger partial charge in [0.15, 0.2) is 0 Å². The lowest BCUT2D eigenvalue weighted by Gasteiger charge is -2.28. The molecule has 3 aromatic rings. The van der Waals surface area contributed by atoms with Gasteiger partial charge in [0, 0.05) is 12.1 Å². The zero-order valence-electron chi connectivity index (χ0n) is 13.8. The molecule has 0 saturated heterocycles. The van der Waals surface area contributed by atoms with E-state index in [1.54, 1.807) is 6.92 Å². The van der Waals surface area contributed by atoms with Gasteiger partial charge in [-0.05, 0) is 18.1 Å². The monoisotopic (exact) mass is 346 g/mol. The Morgan fingerprint density at radius 2 is 1.96 bits per heavy atom. The number of benzene rings is 2. The van der Waals surface area contributed by atoms with Crippen molar-refractivity contribution in [2.45, 2.75) is 12.8 Å². The number of aryl methyl sites for hydroxylation is 1. The zero-order valence-corrected chi connectivity index (χ0v) is 13.8. The van der Waals surface area contributed by atoms with E-state index in [9.17, 15) is 15.2 Å². The topological polar surface area (TPSA) is 109 Å². The van der Waals surface area contributed by atoms with Crippen molar-refractivity contribution < 1.29 is 14.3 Å². The van der Waals surface area contributed by atoms with E-state index in [4.69, 9.17) is 14.9 Å². The van der Waals surface area contributed by atoms with Gasteiger partial charge in [0.05, 0.1) is 16.9 Å². The fraction of sp³-hybridized carbons (Fsp3) is 0.100. The zero-order chi connectivity index (χ0) is 18.4. The van der Waals surface area contributed by atoms with E-state index in [2.05, 4.69) is 6.07 Å². The normalized spacial score (nSPS) is 16.1. The van der Waals surface area contributed by atoms with Crippen LogP contribution in [0.3, 0.4) is 0 Å². The van der Waals surface area contributed by atoms with Gasteiger partial charge in [0.25, 0.3) is 0 Å². The number of nitrogens with two attached hydrogens (primary N) is 1. The number of fused-ring (bicyclic) bond motifs is 3. The first-order chi connectivity index (χ1) is 12.5. The number of hydrogen-bond acceptors (Lipinski definition) is 6. The summed E-state index contributed by atoms with van der Waals surface area (Å²) < 4.78 is 10.9. The highest BCUT2D eigenvalue weighted by molar-refractivity contribution is 5.91. The van der Waals surface area contributed by atoms with Crippen LogP contribution < -0.4 is 16.1 Å². The summed E-state index contributed by atoms with van der Waals surface area (Å²) in [6.07, 6.45) is 0. The van der Waals surface area contributed by atoms with Gasteiger partial charge in [-0.25, -0.2) is 4.79 Å². The van der Waals surface area contributed by atoms with E-state index in [1.165, 1.54) is 12.1 Å². The van der Waals surface area contributed by atoms with Crippen LogP contribution in [-0.2, 0) is 0 Å². The molecule has 1 atom stereocenters. The first-order valence-electron chi connectivity index (χ1n) is 7.94. The smallest absolute Gasteiger partial charge is 0.336 e. The van der Waals surface area contributed by atoms with Crippen LogP contribution in [-0.4, -0.2) is 5.11 Å². The molecule has 2 heterocycles. The van der Waals surface area contributed by atoms with Crippen LogP contribution in [0.5, 0.6) is 11.5 Å². The molecular formula is C20H14N2O4. The van der Waals surface area contributed by atoms with Gasteiger partial charge < -0.3 is 20.0 Å². The maximum Gasteiger partial charge on any atom is 0.336 e. The average molecular weight is 346 g/mol. The largest absolute Gasteiger partial charge is 0.507 e. The number of ether oxygens (including phenoxy) is 1. The summed E-state index contributed by atoms with van der Waals surface area (Å²) in [6, 6.07) is 14.1. The summed E-state index contributed by atoms with van der Waals surface area (Å²) >= 11 is 0. The molecule has 4 rings (SSSR count). The van der Waals surface area contributed by atoms with Crippen molar-refractivity contribution in [1.29, 1.82) is 5.26 Å². The Morgan fingerprint density at radius 1 is 1.23 bits per heavy atom. The van der Waals surface area contributed by atoms with Crippen molar-refractivity contribution in [3.05, 3.63) is 81.0 Å². The van der Waals surface area contributed by atoms with Crippen LogP contribution in [0.25, 0.3) is 11.0 Å². The Labute approximate surface area is 148 Å². The van der Waals surface area contributed by atoms with Crippen LogP contribution in [0.2, 0.25) is 0 Å². The Bertz CT molecular complexity index is 1170. The van der Waals surface area contributed by atoms with Crippen molar-refractivity contribution in [3.8, 4) is 17.6 Å². The molecule has 0 fully saturated rings. The fourth-order valence-corrected chi connectivity index (χ4v) is 3.41. The lowest BCUT2D eigenvalue weighted by atomic mass is 9.82. The standard InChI is InChI=1S/C20H14N2O4/c1-10-7-15(24)25-14-8-13(23)18-17(11-5-3-2-4-6-11)12(9-21)20(22)26-19(18)16(10)14/h2-8,17,23H,22H2,1H3. The third-order valence-corrected chi connectivity index (χ3v) is 4.51. The molecule has 0 aliphatic carbocycles. The molecule has 3 N–H and O–H groups in total. The number of nitriles is 1. The minimum Gasteiger partial charge on any atom is -0.507 e. The van der Waals surface area contributed by atoms with Gasteiger partial charge in [0.1, 0.15) is 28.7 Å². The lowest BCUT2D eigenvalue weighted by Crippen LogP contribution is -2.21. The molecule has 128 valence electrons. The number of rotatable bonds is 1. The number of hydrogen-bond donors (Lipinski definition) is 2. The van der Waals surface area contributed by atoms with Crippen LogP contribution >= 0.6 is 0 Å². The number of phenolic OH excluding ortho intramolecular Hbond substituents is 1. The highest BCUT2D eigenvalue weighted by Crippen LogP contribution is 2.49. The summed E-state index contributed by atoms with van der Waals surface area (Å²) in [7, 11) is 0. The SMILES string of the molecule is Cc1cc(=O)oc2cc(O)c3c(c12)OC(N)=C(C#N)C3c1ccccc1. The van der Waals surface area contributed by atoms with E-state index < -0.39 is 11.5 Å². The summed E-state index contributed by atoms with van der Waals surface area (Å²) in [5.41, 5.74) is 7.76. The molecule has 26 heavy (non-hydrogen) atoms. The Morgan fingerprint density at radius 3 is 2.65 bits per heavy atom. The van der Waals surface area contributed by atoms with Crippen molar-refractivity contribution in [1.82, 2.24) is 0 Å². The molecule has 6 nitrogen and oxygen atoms in total.